The van der Waals surface area contributed by atoms with Gasteiger partial charge in [-0.1, -0.05) is 0 Å². The molecule has 0 aliphatic carbocycles. The van der Waals surface area contributed by atoms with E-state index in [1.54, 1.807) is 31.3 Å². The highest BCUT2D eigenvalue weighted by Crippen LogP contribution is 2.07. The zero-order valence-corrected chi connectivity index (χ0v) is 11.9. The number of nitrogens with two attached hydrogens (primary N) is 1. The molecule has 0 fully saturated rings. The second kappa shape index (κ2) is 6.61. The summed E-state index contributed by atoms with van der Waals surface area (Å²) < 4.78 is 22.0. The topological polar surface area (TPSA) is 80.5 Å². The van der Waals surface area contributed by atoms with E-state index in [0.29, 0.717) is 11.3 Å². The van der Waals surface area contributed by atoms with E-state index < -0.39 is 9.84 Å². The molecule has 1 aromatic carbocycles. The van der Waals surface area contributed by atoms with Gasteiger partial charge in [-0.2, -0.15) is 0 Å². The number of sulfone groups is 1. The average molecular weight is 293 g/mol. The lowest BCUT2D eigenvalue weighted by atomic mass is 10.2. The van der Waals surface area contributed by atoms with Gasteiger partial charge in [0.1, 0.15) is 9.84 Å². The van der Waals surface area contributed by atoms with Crippen molar-refractivity contribution in [2.75, 3.05) is 31.3 Å². The Morgan fingerprint density at radius 2 is 1.78 bits per heavy atom. The van der Waals surface area contributed by atoms with Gasteiger partial charge < -0.3 is 10.6 Å². The molecule has 102 valence electrons. The van der Waals surface area contributed by atoms with E-state index >= 15 is 0 Å². The van der Waals surface area contributed by atoms with Crippen LogP contribution in [0.2, 0.25) is 0 Å². The summed E-state index contributed by atoms with van der Waals surface area (Å²) in [7, 11) is -1.48. The zero-order valence-electron chi connectivity index (χ0n) is 10.3. The summed E-state index contributed by atoms with van der Waals surface area (Å²) in [5.41, 5.74) is 6.59. The summed E-state index contributed by atoms with van der Waals surface area (Å²) >= 11 is 0. The van der Waals surface area contributed by atoms with Gasteiger partial charge in [0.05, 0.1) is 5.75 Å². The number of anilines is 1. The third-order valence-electron chi connectivity index (χ3n) is 2.30. The molecule has 0 aliphatic heterocycles. The Morgan fingerprint density at radius 3 is 2.22 bits per heavy atom. The van der Waals surface area contributed by atoms with Crippen LogP contribution in [0.25, 0.3) is 0 Å². The van der Waals surface area contributed by atoms with Crippen LogP contribution in [0.1, 0.15) is 10.4 Å². The Labute approximate surface area is 113 Å². The number of rotatable bonds is 4. The first-order chi connectivity index (χ1) is 7.79. The van der Waals surface area contributed by atoms with Crippen LogP contribution < -0.4 is 5.73 Å². The summed E-state index contributed by atoms with van der Waals surface area (Å²) in [6, 6.07) is 6.51. The van der Waals surface area contributed by atoms with Gasteiger partial charge in [-0.3, -0.25) is 4.79 Å². The molecule has 0 heterocycles. The molecule has 18 heavy (non-hydrogen) atoms. The summed E-state index contributed by atoms with van der Waals surface area (Å²) in [6.07, 6.45) is 1.15. The maximum atomic E-state index is 11.9. The first-order valence-corrected chi connectivity index (χ1v) is 7.14. The van der Waals surface area contributed by atoms with Gasteiger partial charge in [-0.05, 0) is 24.3 Å². The number of amides is 1. The van der Waals surface area contributed by atoms with Crippen molar-refractivity contribution in [1.82, 2.24) is 4.90 Å². The van der Waals surface area contributed by atoms with Crippen molar-refractivity contribution in [2.24, 2.45) is 0 Å². The quantitative estimate of drug-likeness (QED) is 0.833. The predicted molar refractivity (Wildman–Crippen MR) is 74.8 cm³/mol. The third-order valence-corrected chi connectivity index (χ3v) is 3.23. The number of hydrogen-bond donors (Lipinski definition) is 1. The van der Waals surface area contributed by atoms with Gasteiger partial charge in [0.15, 0.2) is 0 Å². The van der Waals surface area contributed by atoms with Gasteiger partial charge in [-0.25, -0.2) is 8.42 Å². The predicted octanol–water partition coefficient (Wildman–Crippen LogP) is 0.807. The molecule has 7 heteroatoms. The van der Waals surface area contributed by atoms with Crippen LogP contribution in [0.5, 0.6) is 0 Å². The van der Waals surface area contributed by atoms with Gasteiger partial charge in [0.2, 0.25) is 0 Å². The van der Waals surface area contributed by atoms with Crippen LogP contribution in [-0.2, 0) is 9.84 Å². The summed E-state index contributed by atoms with van der Waals surface area (Å²) in [6.45, 7) is 0.183. The van der Waals surface area contributed by atoms with Crippen molar-refractivity contribution in [1.29, 1.82) is 0 Å². The van der Waals surface area contributed by atoms with Crippen LogP contribution in [-0.4, -0.2) is 44.8 Å². The lowest BCUT2D eigenvalue weighted by molar-refractivity contribution is 0.0803. The molecule has 1 amide bonds. The molecule has 5 nitrogen and oxygen atoms in total. The Kier molecular flexibility index (Phi) is 6.14. The molecule has 0 atom stereocenters. The highest BCUT2D eigenvalue weighted by Gasteiger charge is 2.13. The van der Waals surface area contributed by atoms with E-state index in [9.17, 15) is 13.2 Å². The summed E-state index contributed by atoms with van der Waals surface area (Å²) in [5.74, 6) is -0.252. The fourth-order valence-electron chi connectivity index (χ4n) is 1.25. The largest absolute Gasteiger partial charge is 0.399 e. The second-order valence-electron chi connectivity index (χ2n) is 3.98. The lowest BCUT2D eigenvalue weighted by Gasteiger charge is -2.16. The van der Waals surface area contributed by atoms with E-state index in [1.165, 1.54) is 4.90 Å². The Morgan fingerprint density at radius 1 is 1.28 bits per heavy atom. The van der Waals surface area contributed by atoms with Crippen LogP contribution in [0.4, 0.5) is 5.69 Å². The van der Waals surface area contributed by atoms with Crippen molar-refractivity contribution in [3.63, 3.8) is 0 Å². The maximum Gasteiger partial charge on any atom is 0.253 e. The van der Waals surface area contributed by atoms with Crippen LogP contribution >= 0.6 is 12.4 Å². The molecule has 0 saturated heterocycles. The minimum Gasteiger partial charge on any atom is -0.399 e. The number of benzene rings is 1. The van der Waals surface area contributed by atoms with E-state index in [0.717, 1.165) is 6.26 Å². The SMILES string of the molecule is CN(CCS(C)(=O)=O)C(=O)c1ccc(N)cc1.Cl. The third kappa shape index (κ3) is 5.37. The van der Waals surface area contributed by atoms with E-state index in [-0.39, 0.29) is 30.6 Å². The van der Waals surface area contributed by atoms with Crippen molar-refractivity contribution in [3.8, 4) is 0 Å². The number of hydrogen-bond acceptors (Lipinski definition) is 4. The monoisotopic (exact) mass is 292 g/mol. The highest BCUT2D eigenvalue weighted by molar-refractivity contribution is 7.90. The van der Waals surface area contributed by atoms with Crippen molar-refractivity contribution in [3.05, 3.63) is 29.8 Å². The number of nitrogens with zero attached hydrogens (tertiary/aromatic N) is 1. The minimum atomic E-state index is -3.06. The van der Waals surface area contributed by atoms with Crippen molar-refractivity contribution < 1.29 is 13.2 Å². The van der Waals surface area contributed by atoms with Crippen LogP contribution in [0.3, 0.4) is 0 Å². The van der Waals surface area contributed by atoms with Crippen LogP contribution in [0, 0.1) is 0 Å². The molecule has 0 radical (unpaired) electrons. The number of carbonyl (C=O) groups is 1. The normalized spacial score (nSPS) is 10.6. The Hall–Kier alpha value is -1.27. The molecule has 2 N–H and O–H groups in total. The number of nitrogen functional groups attached to an aromatic ring is 1. The smallest absolute Gasteiger partial charge is 0.253 e. The average Bonchev–Trinajstić information content (AvgIpc) is 2.25. The molecule has 1 rings (SSSR count). The van der Waals surface area contributed by atoms with E-state index in [4.69, 9.17) is 5.73 Å². The molecule has 1 aromatic rings. The molecule has 0 saturated carbocycles. The molecule has 0 unspecified atom stereocenters. The van der Waals surface area contributed by atoms with Gasteiger partial charge in [0.25, 0.3) is 5.91 Å². The molecule has 0 spiro atoms. The molecule has 0 aliphatic rings. The Bertz CT molecular complexity index is 500. The number of carbonyl (C=O) groups excluding carboxylic acids is 1. The maximum absolute atomic E-state index is 11.9. The first kappa shape index (κ1) is 16.7. The molecule has 0 bridgehead atoms. The van der Waals surface area contributed by atoms with Gasteiger partial charge >= 0.3 is 0 Å². The highest BCUT2D eigenvalue weighted by atomic mass is 35.5. The first-order valence-electron chi connectivity index (χ1n) is 5.08. The van der Waals surface area contributed by atoms with Crippen molar-refractivity contribution in [2.45, 2.75) is 0 Å². The summed E-state index contributed by atoms with van der Waals surface area (Å²) in [4.78, 5) is 13.2. The fraction of sp³-hybridized carbons (Fsp3) is 0.364. The van der Waals surface area contributed by atoms with E-state index in [2.05, 4.69) is 0 Å². The zero-order chi connectivity index (χ0) is 13.1. The molecular weight excluding hydrogens is 276 g/mol. The number of halogens is 1. The van der Waals surface area contributed by atoms with Gasteiger partial charge in [-0.15, -0.1) is 12.4 Å². The van der Waals surface area contributed by atoms with Gasteiger partial charge in [0, 0.05) is 31.1 Å². The lowest BCUT2D eigenvalue weighted by Crippen LogP contribution is -2.31. The Balaban J connectivity index is 0.00000289. The summed E-state index contributed by atoms with van der Waals surface area (Å²) in [5, 5.41) is 0. The van der Waals surface area contributed by atoms with Crippen LogP contribution in [0.15, 0.2) is 24.3 Å². The minimum absolute atomic E-state index is 0. The standard InChI is InChI=1S/C11H16N2O3S.ClH/c1-13(7-8-17(2,15)16)11(14)9-3-5-10(12)6-4-9;/h3-6H,7-8,12H2,1-2H3;1H. The fourth-order valence-corrected chi connectivity index (χ4v) is 1.86. The second-order valence-corrected chi connectivity index (χ2v) is 6.24. The van der Waals surface area contributed by atoms with E-state index in [1.807, 2.05) is 0 Å². The van der Waals surface area contributed by atoms with Crippen molar-refractivity contribution >= 4 is 33.8 Å². The molecular formula is C11H17ClN2O3S. The molecule has 0 aromatic heterocycles.